The van der Waals surface area contributed by atoms with Gasteiger partial charge in [-0.1, -0.05) is 12.1 Å². The van der Waals surface area contributed by atoms with E-state index in [9.17, 15) is 4.79 Å². The van der Waals surface area contributed by atoms with E-state index >= 15 is 0 Å². The Bertz CT molecular complexity index is 544. The van der Waals surface area contributed by atoms with Crippen molar-refractivity contribution in [3.8, 4) is 11.5 Å². The zero-order valence-corrected chi connectivity index (χ0v) is 9.94. The van der Waals surface area contributed by atoms with Crippen molar-refractivity contribution in [3.05, 3.63) is 59.2 Å². The van der Waals surface area contributed by atoms with Gasteiger partial charge < -0.3 is 4.74 Å². The molecule has 0 aromatic heterocycles. The summed E-state index contributed by atoms with van der Waals surface area (Å²) in [5, 5.41) is 0. The van der Waals surface area contributed by atoms with E-state index in [1.807, 2.05) is 44.2 Å². The molecular weight excluding hydrogens is 212 g/mol. The number of benzene rings is 2. The minimum Gasteiger partial charge on any atom is -0.457 e. The molecule has 2 heteroatoms. The molecule has 17 heavy (non-hydrogen) atoms. The van der Waals surface area contributed by atoms with Gasteiger partial charge in [0.1, 0.15) is 17.8 Å². The normalized spacial score (nSPS) is 10.0. The van der Waals surface area contributed by atoms with Gasteiger partial charge in [-0.2, -0.15) is 0 Å². The van der Waals surface area contributed by atoms with Gasteiger partial charge in [-0.3, -0.25) is 4.79 Å². The summed E-state index contributed by atoms with van der Waals surface area (Å²) in [6, 6.07) is 13.3. The first kappa shape index (κ1) is 11.4. The molecule has 0 spiro atoms. The van der Waals surface area contributed by atoms with E-state index in [0.717, 1.165) is 28.9 Å². The van der Waals surface area contributed by atoms with Gasteiger partial charge in [0, 0.05) is 5.56 Å². The van der Waals surface area contributed by atoms with Crippen molar-refractivity contribution in [1.29, 1.82) is 0 Å². The maximum absolute atomic E-state index is 10.7. The van der Waals surface area contributed by atoms with E-state index in [0.29, 0.717) is 5.56 Å². The first-order chi connectivity index (χ1) is 8.19. The monoisotopic (exact) mass is 226 g/mol. The Hall–Kier alpha value is -2.09. The van der Waals surface area contributed by atoms with E-state index in [-0.39, 0.29) is 0 Å². The van der Waals surface area contributed by atoms with Crippen LogP contribution >= 0.6 is 0 Å². The third-order valence-corrected chi connectivity index (χ3v) is 2.59. The molecule has 2 nitrogen and oxygen atoms in total. The van der Waals surface area contributed by atoms with E-state index in [2.05, 4.69) is 0 Å². The molecule has 86 valence electrons. The fourth-order valence-corrected chi connectivity index (χ4v) is 1.66. The number of ether oxygens (including phenoxy) is 1. The molecule has 0 amide bonds. The maximum Gasteiger partial charge on any atom is 0.150 e. The van der Waals surface area contributed by atoms with Crippen molar-refractivity contribution in [2.24, 2.45) is 0 Å². The van der Waals surface area contributed by atoms with E-state index in [4.69, 9.17) is 4.74 Å². The van der Waals surface area contributed by atoms with Crippen LogP contribution in [0.3, 0.4) is 0 Å². The van der Waals surface area contributed by atoms with Crippen molar-refractivity contribution < 1.29 is 9.53 Å². The third-order valence-electron chi connectivity index (χ3n) is 2.59. The lowest BCUT2D eigenvalue weighted by Crippen LogP contribution is -1.89. The summed E-state index contributed by atoms with van der Waals surface area (Å²) in [6.07, 6.45) is 0.853. The Kier molecular flexibility index (Phi) is 3.24. The highest BCUT2D eigenvalue weighted by molar-refractivity contribution is 5.77. The van der Waals surface area contributed by atoms with Gasteiger partial charge in [-0.15, -0.1) is 0 Å². The second-order valence-electron chi connectivity index (χ2n) is 4.05. The standard InChI is InChI=1S/C15H14O2/c1-11-4-3-5-14(8-11)17-15-7-6-13(10-16)12(2)9-15/h3-10H,1-2H3. The highest BCUT2D eigenvalue weighted by Gasteiger charge is 2.01. The van der Waals surface area contributed by atoms with Crippen LogP contribution in [-0.4, -0.2) is 6.29 Å². The molecule has 0 aliphatic heterocycles. The van der Waals surface area contributed by atoms with Crippen molar-refractivity contribution in [2.45, 2.75) is 13.8 Å². The van der Waals surface area contributed by atoms with Crippen LogP contribution in [0.2, 0.25) is 0 Å². The molecular formula is C15H14O2. The SMILES string of the molecule is Cc1cccc(Oc2ccc(C=O)c(C)c2)c1. The van der Waals surface area contributed by atoms with Crippen molar-refractivity contribution in [1.82, 2.24) is 0 Å². The largest absolute Gasteiger partial charge is 0.457 e. The molecule has 0 saturated carbocycles. The van der Waals surface area contributed by atoms with Crippen LogP contribution in [0, 0.1) is 13.8 Å². The molecule has 2 rings (SSSR count). The van der Waals surface area contributed by atoms with Gasteiger partial charge in [0.15, 0.2) is 0 Å². The Morgan fingerprint density at radius 1 is 1.00 bits per heavy atom. The van der Waals surface area contributed by atoms with Crippen LogP contribution < -0.4 is 4.74 Å². The van der Waals surface area contributed by atoms with Gasteiger partial charge in [0.05, 0.1) is 0 Å². The van der Waals surface area contributed by atoms with E-state index in [1.54, 1.807) is 12.1 Å². The number of carbonyl (C=O) groups excluding carboxylic acids is 1. The smallest absolute Gasteiger partial charge is 0.150 e. The molecule has 0 fully saturated rings. The molecule has 0 unspecified atom stereocenters. The Balaban J connectivity index is 2.24. The molecule has 0 aliphatic carbocycles. The molecule has 0 heterocycles. The van der Waals surface area contributed by atoms with Crippen LogP contribution in [0.4, 0.5) is 0 Å². The van der Waals surface area contributed by atoms with E-state index < -0.39 is 0 Å². The van der Waals surface area contributed by atoms with Gasteiger partial charge in [-0.25, -0.2) is 0 Å². The van der Waals surface area contributed by atoms with E-state index in [1.165, 1.54) is 0 Å². The number of aryl methyl sites for hydroxylation is 2. The van der Waals surface area contributed by atoms with Crippen LogP contribution in [0.25, 0.3) is 0 Å². The summed E-state index contributed by atoms with van der Waals surface area (Å²) in [5.74, 6) is 1.56. The van der Waals surface area contributed by atoms with Gasteiger partial charge in [0.2, 0.25) is 0 Å². The predicted molar refractivity (Wildman–Crippen MR) is 67.8 cm³/mol. The minimum absolute atomic E-state index is 0.696. The quantitative estimate of drug-likeness (QED) is 0.742. The summed E-state index contributed by atoms with van der Waals surface area (Å²) in [6.45, 7) is 3.92. The third kappa shape index (κ3) is 2.72. The second-order valence-corrected chi connectivity index (χ2v) is 4.05. The number of hydrogen-bond donors (Lipinski definition) is 0. The predicted octanol–water partition coefficient (Wildman–Crippen LogP) is 3.91. The average Bonchev–Trinajstić information content (AvgIpc) is 2.29. The fourth-order valence-electron chi connectivity index (χ4n) is 1.66. The summed E-state index contributed by atoms with van der Waals surface area (Å²) in [4.78, 5) is 10.7. The minimum atomic E-state index is 0.696. The lowest BCUT2D eigenvalue weighted by molar-refractivity contribution is 0.112. The Morgan fingerprint density at radius 2 is 1.76 bits per heavy atom. The lowest BCUT2D eigenvalue weighted by atomic mass is 10.1. The van der Waals surface area contributed by atoms with Crippen molar-refractivity contribution in [2.75, 3.05) is 0 Å². The molecule has 0 saturated heterocycles. The highest BCUT2D eigenvalue weighted by Crippen LogP contribution is 2.23. The molecule has 0 bridgehead atoms. The van der Waals surface area contributed by atoms with Crippen LogP contribution in [0.1, 0.15) is 21.5 Å². The molecule has 0 radical (unpaired) electrons. The average molecular weight is 226 g/mol. The summed E-state index contributed by atoms with van der Waals surface area (Å²) in [7, 11) is 0. The van der Waals surface area contributed by atoms with Crippen LogP contribution in [0.5, 0.6) is 11.5 Å². The topological polar surface area (TPSA) is 26.3 Å². The maximum atomic E-state index is 10.7. The molecule has 0 aliphatic rings. The van der Waals surface area contributed by atoms with Crippen molar-refractivity contribution in [3.63, 3.8) is 0 Å². The Labute approximate surface area is 101 Å². The number of aldehydes is 1. The van der Waals surface area contributed by atoms with Gasteiger partial charge in [0.25, 0.3) is 0 Å². The summed E-state index contributed by atoms with van der Waals surface area (Å²) >= 11 is 0. The molecule has 2 aromatic carbocycles. The second kappa shape index (κ2) is 4.83. The lowest BCUT2D eigenvalue weighted by Gasteiger charge is -2.07. The van der Waals surface area contributed by atoms with Gasteiger partial charge in [-0.05, 0) is 55.3 Å². The molecule has 2 aromatic rings. The number of hydrogen-bond acceptors (Lipinski definition) is 2. The zero-order valence-electron chi connectivity index (χ0n) is 9.94. The highest BCUT2D eigenvalue weighted by atomic mass is 16.5. The van der Waals surface area contributed by atoms with Crippen LogP contribution in [0.15, 0.2) is 42.5 Å². The molecule has 0 N–H and O–H groups in total. The number of rotatable bonds is 3. The summed E-state index contributed by atoms with van der Waals surface area (Å²) in [5.41, 5.74) is 2.77. The molecule has 0 atom stereocenters. The first-order valence-corrected chi connectivity index (χ1v) is 5.49. The summed E-state index contributed by atoms with van der Waals surface area (Å²) < 4.78 is 5.72. The van der Waals surface area contributed by atoms with Gasteiger partial charge >= 0.3 is 0 Å². The number of carbonyl (C=O) groups is 1. The fraction of sp³-hybridized carbons (Fsp3) is 0.133. The Morgan fingerprint density at radius 3 is 2.41 bits per heavy atom. The van der Waals surface area contributed by atoms with Crippen LogP contribution in [-0.2, 0) is 0 Å². The first-order valence-electron chi connectivity index (χ1n) is 5.49. The van der Waals surface area contributed by atoms with Crippen molar-refractivity contribution >= 4 is 6.29 Å². The zero-order chi connectivity index (χ0) is 12.3.